The van der Waals surface area contributed by atoms with Crippen molar-refractivity contribution in [2.24, 2.45) is 0 Å². The lowest BCUT2D eigenvalue weighted by atomic mass is 10.1. The number of hydrogen-bond donors (Lipinski definition) is 1. The maximum atomic E-state index is 12.2. The first-order valence-corrected chi connectivity index (χ1v) is 7.55. The van der Waals surface area contributed by atoms with Gasteiger partial charge >= 0.3 is 5.97 Å². The number of thioether (sulfide) groups is 1. The molecular formula is C14H11NO5S2. The molecule has 8 heteroatoms. The van der Waals surface area contributed by atoms with Crippen LogP contribution >= 0.6 is 24.0 Å². The molecule has 1 amide bonds. The first-order valence-electron chi connectivity index (χ1n) is 6.33. The fourth-order valence-corrected chi connectivity index (χ4v) is 3.37. The van der Waals surface area contributed by atoms with Crippen molar-refractivity contribution >= 4 is 46.3 Å². The predicted molar refractivity (Wildman–Crippen MR) is 84.8 cm³/mol. The van der Waals surface area contributed by atoms with E-state index < -0.39 is 18.4 Å². The Balaban J connectivity index is 1.91. The maximum absolute atomic E-state index is 12.2. The Bertz CT molecular complexity index is 728. The molecule has 2 heterocycles. The van der Waals surface area contributed by atoms with Crippen LogP contribution in [0.15, 0.2) is 17.0 Å². The lowest BCUT2D eigenvalue weighted by Gasteiger charge is -2.10. The average molecular weight is 337 g/mol. The van der Waals surface area contributed by atoms with E-state index in [1.807, 2.05) is 13.0 Å². The van der Waals surface area contributed by atoms with Crippen molar-refractivity contribution in [3.63, 3.8) is 0 Å². The molecule has 0 aliphatic carbocycles. The topological polar surface area (TPSA) is 76.1 Å². The minimum absolute atomic E-state index is 0.180. The molecule has 6 nitrogen and oxygen atoms in total. The van der Waals surface area contributed by atoms with E-state index in [2.05, 4.69) is 0 Å². The molecule has 1 aromatic rings. The van der Waals surface area contributed by atoms with Crippen molar-refractivity contribution in [1.29, 1.82) is 0 Å². The number of aliphatic carboxylic acids is 1. The summed E-state index contributed by atoms with van der Waals surface area (Å²) >= 11 is 6.15. The smallest absolute Gasteiger partial charge is 0.323 e. The summed E-state index contributed by atoms with van der Waals surface area (Å²) in [5.41, 5.74) is 1.73. The third-order valence-corrected chi connectivity index (χ3v) is 4.59. The quantitative estimate of drug-likeness (QED) is 0.668. The van der Waals surface area contributed by atoms with Crippen molar-refractivity contribution in [2.45, 2.75) is 6.92 Å². The summed E-state index contributed by atoms with van der Waals surface area (Å²) in [6, 6.07) is 3.63. The van der Waals surface area contributed by atoms with Gasteiger partial charge in [-0.1, -0.05) is 24.0 Å². The molecule has 0 radical (unpaired) electrons. The number of carbonyl (C=O) groups is 2. The highest BCUT2D eigenvalue weighted by Gasteiger charge is 2.33. The van der Waals surface area contributed by atoms with Crippen LogP contribution in [0.2, 0.25) is 0 Å². The highest BCUT2D eigenvalue weighted by Crippen LogP contribution is 2.37. The van der Waals surface area contributed by atoms with Crippen LogP contribution in [0.1, 0.15) is 11.1 Å². The number of rotatable bonds is 3. The molecule has 0 saturated carbocycles. The Labute approximate surface area is 135 Å². The van der Waals surface area contributed by atoms with E-state index in [9.17, 15) is 9.59 Å². The van der Waals surface area contributed by atoms with Crippen LogP contribution in [-0.4, -0.2) is 39.5 Å². The van der Waals surface area contributed by atoms with Crippen LogP contribution in [0, 0.1) is 6.92 Å². The monoisotopic (exact) mass is 337 g/mol. The van der Waals surface area contributed by atoms with Gasteiger partial charge in [0.15, 0.2) is 11.5 Å². The van der Waals surface area contributed by atoms with Gasteiger partial charge in [-0.2, -0.15) is 0 Å². The molecule has 2 aliphatic heterocycles. The number of carboxylic acids is 1. The lowest BCUT2D eigenvalue weighted by molar-refractivity contribution is -0.140. The van der Waals surface area contributed by atoms with Gasteiger partial charge in [-0.05, 0) is 36.3 Å². The second-order valence-corrected chi connectivity index (χ2v) is 6.40. The number of carbonyl (C=O) groups excluding carboxylic acids is 1. The molecule has 22 heavy (non-hydrogen) atoms. The molecule has 1 aromatic carbocycles. The highest BCUT2D eigenvalue weighted by molar-refractivity contribution is 8.26. The van der Waals surface area contributed by atoms with Gasteiger partial charge in [-0.15, -0.1) is 0 Å². The number of aryl methyl sites for hydroxylation is 1. The van der Waals surface area contributed by atoms with E-state index in [4.69, 9.17) is 26.8 Å². The van der Waals surface area contributed by atoms with E-state index in [-0.39, 0.29) is 11.1 Å². The second-order valence-electron chi connectivity index (χ2n) is 4.72. The van der Waals surface area contributed by atoms with Crippen LogP contribution < -0.4 is 9.47 Å². The molecule has 3 rings (SSSR count). The summed E-state index contributed by atoms with van der Waals surface area (Å²) < 4.78 is 10.9. The van der Waals surface area contributed by atoms with E-state index in [1.165, 1.54) is 0 Å². The van der Waals surface area contributed by atoms with E-state index in [0.29, 0.717) is 16.4 Å². The zero-order chi connectivity index (χ0) is 15.9. The number of fused-ring (bicyclic) bond motifs is 1. The van der Waals surface area contributed by atoms with Gasteiger partial charge in [-0.25, -0.2) is 0 Å². The van der Waals surface area contributed by atoms with Gasteiger partial charge in [0, 0.05) is 0 Å². The van der Waals surface area contributed by atoms with Crippen molar-refractivity contribution in [1.82, 2.24) is 4.90 Å². The molecule has 0 spiro atoms. The van der Waals surface area contributed by atoms with Crippen LogP contribution in [0.4, 0.5) is 0 Å². The lowest BCUT2D eigenvalue weighted by Crippen LogP contribution is -2.33. The normalized spacial score (nSPS) is 18.4. The number of amides is 1. The SMILES string of the molecule is Cc1cc2c(cc1/C=C1\SC(=S)N(CC(=O)O)C1=O)OCO2. The molecule has 1 saturated heterocycles. The van der Waals surface area contributed by atoms with Crippen LogP contribution in [0.25, 0.3) is 6.08 Å². The summed E-state index contributed by atoms with van der Waals surface area (Å²) in [6.45, 7) is 1.65. The molecule has 1 fully saturated rings. The number of benzene rings is 1. The van der Waals surface area contributed by atoms with Gasteiger partial charge in [0.2, 0.25) is 6.79 Å². The largest absolute Gasteiger partial charge is 0.480 e. The maximum Gasteiger partial charge on any atom is 0.323 e. The Morgan fingerprint density at radius 3 is 2.82 bits per heavy atom. The van der Waals surface area contributed by atoms with Gasteiger partial charge in [0.1, 0.15) is 10.9 Å². The fourth-order valence-electron chi connectivity index (χ4n) is 2.13. The molecular weight excluding hydrogens is 326 g/mol. The Morgan fingerprint density at radius 1 is 1.45 bits per heavy atom. The average Bonchev–Trinajstić information content (AvgIpc) is 2.99. The van der Waals surface area contributed by atoms with Gasteiger partial charge < -0.3 is 14.6 Å². The third-order valence-electron chi connectivity index (χ3n) is 3.21. The molecule has 114 valence electrons. The number of hydrogen-bond acceptors (Lipinski definition) is 6. The highest BCUT2D eigenvalue weighted by atomic mass is 32.2. The fraction of sp³-hybridized carbons (Fsp3) is 0.214. The van der Waals surface area contributed by atoms with Crippen molar-refractivity contribution in [3.05, 3.63) is 28.2 Å². The Kier molecular flexibility index (Phi) is 3.79. The first kappa shape index (κ1) is 14.9. The summed E-state index contributed by atoms with van der Waals surface area (Å²) in [6.07, 6.45) is 1.69. The minimum atomic E-state index is -1.10. The zero-order valence-electron chi connectivity index (χ0n) is 11.5. The Morgan fingerprint density at radius 2 is 2.14 bits per heavy atom. The minimum Gasteiger partial charge on any atom is -0.480 e. The molecule has 0 aromatic heterocycles. The Hall–Kier alpha value is -2.06. The van der Waals surface area contributed by atoms with Crippen LogP contribution in [0.3, 0.4) is 0 Å². The number of thiocarbonyl (C=S) groups is 1. The van der Waals surface area contributed by atoms with Crippen molar-refractivity contribution in [3.8, 4) is 11.5 Å². The van der Waals surface area contributed by atoms with Crippen LogP contribution in [0.5, 0.6) is 11.5 Å². The second kappa shape index (κ2) is 5.62. The number of carboxylic acid groups (broad SMARTS) is 1. The standard InChI is InChI=1S/C14H11NO5S2/c1-7-2-9-10(20-6-19-9)3-8(7)4-11-13(18)15(5-12(16)17)14(21)22-11/h2-4H,5-6H2,1H3,(H,16,17)/b11-4-. The first-order chi connectivity index (χ1) is 10.5. The van der Waals surface area contributed by atoms with Gasteiger partial charge in [0.25, 0.3) is 5.91 Å². The molecule has 0 atom stereocenters. The van der Waals surface area contributed by atoms with Crippen molar-refractivity contribution in [2.75, 3.05) is 13.3 Å². The van der Waals surface area contributed by atoms with E-state index >= 15 is 0 Å². The third kappa shape index (κ3) is 2.67. The van der Waals surface area contributed by atoms with Gasteiger partial charge in [-0.3, -0.25) is 14.5 Å². The summed E-state index contributed by atoms with van der Waals surface area (Å²) in [4.78, 5) is 24.5. The van der Waals surface area contributed by atoms with Crippen molar-refractivity contribution < 1.29 is 24.2 Å². The predicted octanol–water partition coefficient (Wildman–Crippen LogP) is 2.01. The molecule has 0 bridgehead atoms. The van der Waals surface area contributed by atoms with Gasteiger partial charge in [0.05, 0.1) is 4.91 Å². The van der Waals surface area contributed by atoms with Crippen LogP contribution in [-0.2, 0) is 9.59 Å². The number of nitrogens with zero attached hydrogens (tertiary/aromatic N) is 1. The molecule has 2 aliphatic rings. The van der Waals surface area contributed by atoms with E-state index in [1.54, 1.807) is 12.1 Å². The zero-order valence-corrected chi connectivity index (χ0v) is 13.1. The summed E-state index contributed by atoms with van der Waals surface area (Å²) in [5, 5.41) is 8.82. The summed E-state index contributed by atoms with van der Waals surface area (Å²) in [7, 11) is 0. The molecule has 1 N–H and O–H groups in total. The summed E-state index contributed by atoms with van der Waals surface area (Å²) in [5.74, 6) is -0.197. The molecule has 0 unspecified atom stereocenters. The number of ether oxygens (including phenoxy) is 2. The van der Waals surface area contributed by atoms with E-state index in [0.717, 1.165) is 27.8 Å².